The maximum Gasteiger partial charge on any atom is 0.130 e. The standard InChI is InChI=1S/C20H26O2/c1-14-10-11-15(2)18(12-14)22-17-9-7-8-16(13-17)20(6,21)19(3,4)5/h7-13,21H,1-6H3. The van der Waals surface area contributed by atoms with Gasteiger partial charge in [-0.05, 0) is 61.1 Å². The highest BCUT2D eigenvalue weighted by atomic mass is 16.5. The average molecular weight is 298 g/mol. The summed E-state index contributed by atoms with van der Waals surface area (Å²) in [5.41, 5.74) is 1.94. The van der Waals surface area contributed by atoms with Crippen molar-refractivity contribution in [2.45, 2.75) is 47.1 Å². The molecule has 2 aromatic carbocycles. The third kappa shape index (κ3) is 3.33. The summed E-state index contributed by atoms with van der Waals surface area (Å²) in [7, 11) is 0. The highest BCUT2D eigenvalue weighted by molar-refractivity contribution is 5.41. The zero-order valence-electron chi connectivity index (χ0n) is 14.4. The van der Waals surface area contributed by atoms with Crippen LogP contribution >= 0.6 is 0 Å². The molecule has 2 rings (SSSR count). The van der Waals surface area contributed by atoms with Crippen LogP contribution in [0.3, 0.4) is 0 Å². The van der Waals surface area contributed by atoms with Crippen LogP contribution in [0.5, 0.6) is 11.5 Å². The largest absolute Gasteiger partial charge is 0.457 e. The zero-order chi connectivity index (χ0) is 16.5. The van der Waals surface area contributed by atoms with Crippen molar-refractivity contribution in [3.05, 3.63) is 59.2 Å². The Hall–Kier alpha value is -1.80. The molecule has 22 heavy (non-hydrogen) atoms. The van der Waals surface area contributed by atoms with Crippen LogP contribution in [0, 0.1) is 19.3 Å². The van der Waals surface area contributed by atoms with E-state index in [0.717, 1.165) is 22.6 Å². The van der Waals surface area contributed by atoms with Gasteiger partial charge in [-0.1, -0.05) is 45.0 Å². The molecule has 0 spiro atoms. The minimum absolute atomic E-state index is 0.259. The summed E-state index contributed by atoms with van der Waals surface area (Å²) in [6.07, 6.45) is 0. The molecule has 0 saturated carbocycles. The smallest absolute Gasteiger partial charge is 0.130 e. The molecule has 0 heterocycles. The highest BCUT2D eigenvalue weighted by Gasteiger charge is 2.37. The van der Waals surface area contributed by atoms with Crippen molar-refractivity contribution in [1.29, 1.82) is 0 Å². The van der Waals surface area contributed by atoms with E-state index in [0.29, 0.717) is 0 Å². The van der Waals surface area contributed by atoms with Crippen LogP contribution in [0.15, 0.2) is 42.5 Å². The van der Waals surface area contributed by atoms with E-state index in [4.69, 9.17) is 4.74 Å². The monoisotopic (exact) mass is 298 g/mol. The fourth-order valence-corrected chi connectivity index (χ4v) is 2.24. The third-order valence-electron chi connectivity index (χ3n) is 4.43. The SMILES string of the molecule is Cc1ccc(C)c(Oc2cccc(C(C)(O)C(C)(C)C)c2)c1. The molecule has 2 aromatic rings. The Morgan fingerprint density at radius 3 is 2.23 bits per heavy atom. The first-order valence-electron chi connectivity index (χ1n) is 7.69. The lowest BCUT2D eigenvalue weighted by molar-refractivity contribution is -0.0471. The Morgan fingerprint density at radius 2 is 1.59 bits per heavy atom. The first kappa shape index (κ1) is 16.6. The molecule has 1 N–H and O–H groups in total. The van der Waals surface area contributed by atoms with Crippen LogP contribution in [0.2, 0.25) is 0 Å². The molecule has 0 aromatic heterocycles. The fraction of sp³-hybridized carbons (Fsp3) is 0.400. The minimum Gasteiger partial charge on any atom is -0.457 e. The van der Waals surface area contributed by atoms with Crippen LogP contribution in [0.4, 0.5) is 0 Å². The summed E-state index contributed by atoms with van der Waals surface area (Å²) in [5, 5.41) is 10.9. The summed E-state index contributed by atoms with van der Waals surface area (Å²) in [4.78, 5) is 0. The summed E-state index contributed by atoms with van der Waals surface area (Å²) in [6, 6.07) is 13.9. The van der Waals surface area contributed by atoms with Crippen molar-refractivity contribution in [1.82, 2.24) is 0 Å². The molecule has 0 fully saturated rings. The van der Waals surface area contributed by atoms with Gasteiger partial charge in [0.2, 0.25) is 0 Å². The Labute approximate surface area is 133 Å². The minimum atomic E-state index is -0.923. The lowest BCUT2D eigenvalue weighted by Crippen LogP contribution is -2.36. The van der Waals surface area contributed by atoms with E-state index >= 15 is 0 Å². The second kappa shape index (κ2) is 5.77. The molecule has 0 aliphatic carbocycles. The van der Waals surface area contributed by atoms with Crippen LogP contribution in [0.1, 0.15) is 44.4 Å². The van der Waals surface area contributed by atoms with Gasteiger partial charge in [-0.2, -0.15) is 0 Å². The number of hydrogen-bond donors (Lipinski definition) is 1. The van der Waals surface area contributed by atoms with E-state index in [1.54, 1.807) is 0 Å². The van der Waals surface area contributed by atoms with Gasteiger partial charge in [0.25, 0.3) is 0 Å². The molecule has 1 atom stereocenters. The summed E-state index contributed by atoms with van der Waals surface area (Å²) in [5.74, 6) is 1.60. The van der Waals surface area contributed by atoms with Gasteiger partial charge in [0.05, 0.1) is 5.60 Å². The van der Waals surface area contributed by atoms with Gasteiger partial charge < -0.3 is 9.84 Å². The van der Waals surface area contributed by atoms with Crippen LogP contribution in [-0.4, -0.2) is 5.11 Å². The fourth-order valence-electron chi connectivity index (χ4n) is 2.24. The molecule has 1 unspecified atom stereocenters. The Morgan fingerprint density at radius 1 is 0.909 bits per heavy atom. The van der Waals surface area contributed by atoms with E-state index in [-0.39, 0.29) is 5.41 Å². The molecule has 0 aliphatic heterocycles. The van der Waals surface area contributed by atoms with Gasteiger partial charge in [0.1, 0.15) is 11.5 Å². The van der Waals surface area contributed by atoms with Crippen LogP contribution in [-0.2, 0) is 5.60 Å². The number of rotatable bonds is 3. The van der Waals surface area contributed by atoms with Crippen molar-refractivity contribution in [3.63, 3.8) is 0 Å². The molecule has 0 radical (unpaired) electrons. The quantitative estimate of drug-likeness (QED) is 0.827. The van der Waals surface area contributed by atoms with Crippen molar-refractivity contribution < 1.29 is 9.84 Å². The van der Waals surface area contributed by atoms with E-state index in [2.05, 4.69) is 12.1 Å². The van der Waals surface area contributed by atoms with E-state index in [1.165, 1.54) is 5.56 Å². The third-order valence-corrected chi connectivity index (χ3v) is 4.43. The second-order valence-corrected chi connectivity index (χ2v) is 7.22. The average Bonchev–Trinajstić information content (AvgIpc) is 2.42. The Bertz CT molecular complexity index is 664. The predicted octanol–water partition coefficient (Wildman–Crippen LogP) is 5.35. The molecule has 0 bridgehead atoms. The van der Waals surface area contributed by atoms with Crippen molar-refractivity contribution in [2.75, 3.05) is 0 Å². The number of hydrogen-bond acceptors (Lipinski definition) is 2. The van der Waals surface area contributed by atoms with Crippen LogP contribution in [0.25, 0.3) is 0 Å². The van der Waals surface area contributed by atoms with E-state index in [9.17, 15) is 5.11 Å². The molecule has 2 heteroatoms. The molecular weight excluding hydrogens is 272 g/mol. The molecule has 2 nitrogen and oxygen atoms in total. The Kier molecular flexibility index (Phi) is 4.35. The maximum absolute atomic E-state index is 10.9. The lowest BCUT2D eigenvalue weighted by atomic mass is 9.73. The first-order valence-corrected chi connectivity index (χ1v) is 7.69. The van der Waals surface area contributed by atoms with Gasteiger partial charge in [-0.15, -0.1) is 0 Å². The molecular formula is C20H26O2. The molecule has 0 aliphatic rings. The summed E-state index contributed by atoms with van der Waals surface area (Å²) < 4.78 is 6.03. The normalized spacial score (nSPS) is 14.5. The van der Waals surface area contributed by atoms with E-state index < -0.39 is 5.60 Å². The topological polar surface area (TPSA) is 29.5 Å². The number of aliphatic hydroxyl groups is 1. The first-order chi connectivity index (χ1) is 10.1. The second-order valence-electron chi connectivity index (χ2n) is 7.22. The summed E-state index contributed by atoms with van der Waals surface area (Å²) >= 11 is 0. The van der Waals surface area contributed by atoms with Crippen molar-refractivity contribution in [3.8, 4) is 11.5 Å². The predicted molar refractivity (Wildman–Crippen MR) is 91.5 cm³/mol. The molecule has 0 saturated heterocycles. The van der Waals surface area contributed by atoms with E-state index in [1.807, 2.05) is 71.9 Å². The maximum atomic E-state index is 10.9. The molecule has 0 amide bonds. The van der Waals surface area contributed by atoms with Gasteiger partial charge in [0, 0.05) is 0 Å². The lowest BCUT2D eigenvalue weighted by Gasteiger charge is -2.37. The van der Waals surface area contributed by atoms with Crippen molar-refractivity contribution in [2.24, 2.45) is 5.41 Å². The van der Waals surface area contributed by atoms with Gasteiger partial charge in [-0.3, -0.25) is 0 Å². The zero-order valence-corrected chi connectivity index (χ0v) is 14.4. The highest BCUT2D eigenvalue weighted by Crippen LogP contribution is 2.40. The van der Waals surface area contributed by atoms with Gasteiger partial charge in [0.15, 0.2) is 0 Å². The molecule has 118 valence electrons. The van der Waals surface area contributed by atoms with Gasteiger partial charge in [-0.25, -0.2) is 0 Å². The number of ether oxygens (including phenoxy) is 1. The summed E-state index contributed by atoms with van der Waals surface area (Å²) in [6.45, 7) is 12.0. The van der Waals surface area contributed by atoms with Crippen LogP contribution < -0.4 is 4.74 Å². The number of benzene rings is 2. The Balaban J connectivity index is 2.35. The number of aryl methyl sites for hydroxylation is 2. The van der Waals surface area contributed by atoms with Gasteiger partial charge >= 0.3 is 0 Å². The van der Waals surface area contributed by atoms with Crippen molar-refractivity contribution >= 4 is 0 Å².